The number of ether oxygens (including phenoxy) is 1. The van der Waals surface area contributed by atoms with Crippen LogP contribution in [0.25, 0.3) is 5.76 Å². The molecule has 2 N–H and O–H groups in total. The molecule has 1 aliphatic rings. The van der Waals surface area contributed by atoms with Gasteiger partial charge in [-0.3, -0.25) is 19.5 Å². The molecule has 2 heterocycles. The van der Waals surface area contributed by atoms with Crippen LogP contribution in [0.5, 0.6) is 11.5 Å². The van der Waals surface area contributed by atoms with E-state index in [9.17, 15) is 19.8 Å². The van der Waals surface area contributed by atoms with Crippen LogP contribution in [-0.2, 0) is 9.59 Å². The second-order valence-corrected chi connectivity index (χ2v) is 7.82. The van der Waals surface area contributed by atoms with Crippen molar-refractivity contribution in [2.75, 3.05) is 11.5 Å². The number of rotatable bonds is 6. The summed E-state index contributed by atoms with van der Waals surface area (Å²) in [4.78, 5) is 31.6. The van der Waals surface area contributed by atoms with Crippen molar-refractivity contribution in [1.82, 2.24) is 4.98 Å². The number of aliphatic hydroxyl groups is 1. The first-order chi connectivity index (χ1) is 15.9. The summed E-state index contributed by atoms with van der Waals surface area (Å²) < 4.78 is 5.65. The number of phenolic OH excluding ortho intramolecular Hbond substituents is 1. The fraction of sp³-hybridized carbons (Fsp3) is 0.192. The summed E-state index contributed by atoms with van der Waals surface area (Å²) in [6.45, 7) is 4.32. The highest BCUT2D eigenvalue weighted by molar-refractivity contribution is 6.51. The number of nitrogens with zero attached hydrogens (tertiary/aromatic N) is 2. The zero-order valence-corrected chi connectivity index (χ0v) is 18.4. The van der Waals surface area contributed by atoms with Gasteiger partial charge in [0.05, 0.1) is 23.9 Å². The van der Waals surface area contributed by atoms with Crippen LogP contribution in [0.1, 0.15) is 36.1 Å². The average molecular weight is 444 g/mol. The second-order valence-electron chi connectivity index (χ2n) is 7.82. The molecule has 0 bridgehead atoms. The molecule has 7 nitrogen and oxygen atoms in total. The van der Waals surface area contributed by atoms with Crippen molar-refractivity contribution in [3.8, 4) is 11.5 Å². The number of carbonyl (C=O) groups excluding carboxylic acids is 2. The van der Waals surface area contributed by atoms with Gasteiger partial charge in [0.2, 0.25) is 0 Å². The van der Waals surface area contributed by atoms with E-state index < -0.39 is 17.7 Å². The zero-order chi connectivity index (χ0) is 23.5. The highest BCUT2D eigenvalue weighted by atomic mass is 16.5. The van der Waals surface area contributed by atoms with Crippen LogP contribution < -0.4 is 9.64 Å². The van der Waals surface area contributed by atoms with E-state index in [0.29, 0.717) is 23.5 Å². The molecule has 2 aromatic carbocycles. The summed E-state index contributed by atoms with van der Waals surface area (Å²) in [6.07, 6.45) is 3.92. The van der Waals surface area contributed by atoms with E-state index in [2.05, 4.69) is 4.98 Å². The molecule has 168 valence electrons. The summed E-state index contributed by atoms with van der Waals surface area (Å²) >= 11 is 0. The number of aromatic hydroxyl groups is 1. The monoisotopic (exact) mass is 444 g/mol. The lowest BCUT2D eigenvalue weighted by atomic mass is 9.95. The summed E-state index contributed by atoms with van der Waals surface area (Å²) in [7, 11) is 0. The third kappa shape index (κ3) is 4.17. The first-order valence-electron chi connectivity index (χ1n) is 10.7. The largest absolute Gasteiger partial charge is 0.507 e. The Hall–Kier alpha value is -4.13. The normalized spacial score (nSPS) is 17.4. The van der Waals surface area contributed by atoms with E-state index in [4.69, 9.17) is 4.74 Å². The molecule has 0 radical (unpaired) electrons. The van der Waals surface area contributed by atoms with Crippen molar-refractivity contribution in [2.24, 2.45) is 0 Å². The van der Waals surface area contributed by atoms with Gasteiger partial charge in [-0.25, -0.2) is 0 Å². The molecule has 1 fully saturated rings. The smallest absolute Gasteiger partial charge is 0.300 e. The number of benzene rings is 2. The number of anilines is 1. The molecule has 1 saturated heterocycles. The number of aliphatic hydroxyl groups excluding tert-OH is 1. The molecule has 1 aromatic heterocycles. The predicted molar refractivity (Wildman–Crippen MR) is 124 cm³/mol. The first kappa shape index (κ1) is 22.1. The molecule has 33 heavy (non-hydrogen) atoms. The van der Waals surface area contributed by atoms with Crippen molar-refractivity contribution in [1.29, 1.82) is 0 Å². The van der Waals surface area contributed by atoms with Gasteiger partial charge in [0, 0.05) is 18.0 Å². The van der Waals surface area contributed by atoms with Crippen LogP contribution in [0, 0.1) is 6.92 Å². The molecule has 4 rings (SSSR count). The molecule has 3 aromatic rings. The van der Waals surface area contributed by atoms with Crippen LogP contribution >= 0.6 is 0 Å². The molecule has 0 saturated carbocycles. The van der Waals surface area contributed by atoms with Gasteiger partial charge in [0.15, 0.2) is 0 Å². The Balaban J connectivity index is 1.91. The quantitative estimate of drug-likeness (QED) is 0.330. The van der Waals surface area contributed by atoms with Crippen LogP contribution in [0.4, 0.5) is 5.69 Å². The standard InChI is InChI=1S/C26H24N2O5/c1-3-13-33-19-6-4-5-18(15-19)24(30)22-23(17-9-11-27-12-10-17)28(26(32)25(22)31)20-14-16(2)7-8-21(20)29/h4-12,14-15,23,29-30H,3,13H2,1-2H3/b24-22+. The van der Waals surface area contributed by atoms with Crippen LogP contribution in [0.2, 0.25) is 0 Å². The number of ketones is 1. The lowest BCUT2D eigenvalue weighted by Gasteiger charge is -2.26. The van der Waals surface area contributed by atoms with Crippen LogP contribution in [0.3, 0.4) is 0 Å². The lowest BCUT2D eigenvalue weighted by Crippen LogP contribution is -2.29. The number of aromatic nitrogens is 1. The highest BCUT2D eigenvalue weighted by Gasteiger charge is 2.47. The van der Waals surface area contributed by atoms with Gasteiger partial charge in [0.25, 0.3) is 11.7 Å². The van der Waals surface area contributed by atoms with E-state index in [-0.39, 0.29) is 22.8 Å². The van der Waals surface area contributed by atoms with Gasteiger partial charge < -0.3 is 14.9 Å². The van der Waals surface area contributed by atoms with Gasteiger partial charge in [-0.2, -0.15) is 0 Å². The Morgan fingerprint density at radius 2 is 1.85 bits per heavy atom. The summed E-state index contributed by atoms with van der Waals surface area (Å²) in [5, 5.41) is 21.7. The first-order valence-corrected chi connectivity index (χ1v) is 10.7. The number of Topliss-reactive ketones (excluding diaryl/α,β-unsaturated/α-hetero) is 1. The molecule has 1 aliphatic heterocycles. The van der Waals surface area contributed by atoms with E-state index in [1.165, 1.54) is 11.0 Å². The summed E-state index contributed by atoms with van der Waals surface area (Å²) in [6, 6.07) is 14.0. The maximum absolute atomic E-state index is 13.2. The minimum absolute atomic E-state index is 0.0697. The maximum Gasteiger partial charge on any atom is 0.300 e. The fourth-order valence-electron chi connectivity index (χ4n) is 3.88. The zero-order valence-electron chi connectivity index (χ0n) is 18.4. The number of hydrogen-bond acceptors (Lipinski definition) is 6. The molecule has 7 heteroatoms. The van der Waals surface area contributed by atoms with Gasteiger partial charge in [-0.05, 0) is 60.9 Å². The molecule has 1 amide bonds. The second kappa shape index (κ2) is 9.16. The number of carbonyl (C=O) groups is 2. The fourth-order valence-corrected chi connectivity index (χ4v) is 3.88. The highest BCUT2D eigenvalue weighted by Crippen LogP contribution is 2.44. The van der Waals surface area contributed by atoms with Crippen LogP contribution in [0.15, 0.2) is 72.6 Å². The van der Waals surface area contributed by atoms with Gasteiger partial charge in [-0.1, -0.05) is 25.1 Å². The van der Waals surface area contributed by atoms with Crippen molar-refractivity contribution in [3.63, 3.8) is 0 Å². The van der Waals surface area contributed by atoms with Crippen molar-refractivity contribution >= 4 is 23.1 Å². The topological polar surface area (TPSA) is 100.0 Å². The molecule has 0 aliphatic carbocycles. The molecule has 1 atom stereocenters. The number of phenols is 1. The lowest BCUT2D eigenvalue weighted by molar-refractivity contribution is -0.132. The summed E-state index contributed by atoms with van der Waals surface area (Å²) in [5.74, 6) is -1.58. The summed E-state index contributed by atoms with van der Waals surface area (Å²) in [5.41, 5.74) is 1.86. The van der Waals surface area contributed by atoms with Gasteiger partial charge in [-0.15, -0.1) is 0 Å². The Morgan fingerprint density at radius 1 is 1.09 bits per heavy atom. The Bertz CT molecular complexity index is 1240. The number of pyridine rings is 1. The average Bonchev–Trinajstić information content (AvgIpc) is 3.10. The third-order valence-corrected chi connectivity index (χ3v) is 5.44. The maximum atomic E-state index is 13.2. The van der Waals surface area contributed by atoms with Crippen molar-refractivity contribution in [2.45, 2.75) is 26.3 Å². The van der Waals surface area contributed by atoms with Gasteiger partial charge >= 0.3 is 0 Å². The third-order valence-electron chi connectivity index (χ3n) is 5.44. The van der Waals surface area contributed by atoms with E-state index in [0.717, 1.165) is 12.0 Å². The Morgan fingerprint density at radius 3 is 2.58 bits per heavy atom. The van der Waals surface area contributed by atoms with Gasteiger partial charge in [0.1, 0.15) is 17.3 Å². The number of aryl methyl sites for hydroxylation is 1. The van der Waals surface area contributed by atoms with E-state index >= 15 is 0 Å². The van der Waals surface area contributed by atoms with Crippen LogP contribution in [-0.4, -0.2) is 33.5 Å². The Labute approximate surface area is 191 Å². The number of hydrogen-bond donors (Lipinski definition) is 2. The SMILES string of the molecule is CCCOc1cccc(/C(O)=C2\C(=O)C(=O)N(c3cc(C)ccc3O)C2c2ccncc2)c1. The van der Waals surface area contributed by atoms with E-state index in [1.807, 2.05) is 13.8 Å². The van der Waals surface area contributed by atoms with E-state index in [1.54, 1.807) is 60.9 Å². The predicted octanol–water partition coefficient (Wildman–Crippen LogP) is 4.51. The minimum atomic E-state index is -0.944. The number of amides is 1. The Kier molecular flexibility index (Phi) is 6.13. The van der Waals surface area contributed by atoms with Crippen molar-refractivity contribution in [3.05, 3.63) is 89.3 Å². The minimum Gasteiger partial charge on any atom is -0.507 e. The van der Waals surface area contributed by atoms with Crippen molar-refractivity contribution < 1.29 is 24.5 Å². The molecular formula is C26H24N2O5. The molecule has 0 spiro atoms. The molecular weight excluding hydrogens is 420 g/mol. The molecule has 1 unspecified atom stereocenters.